The Morgan fingerprint density at radius 3 is 1.49 bits per heavy atom. The molecule has 20 heteroatoms. The van der Waals surface area contributed by atoms with Gasteiger partial charge in [-0.05, 0) is 77.7 Å². The lowest BCUT2D eigenvalue weighted by Crippen LogP contribution is -2.32. The predicted octanol–water partition coefficient (Wildman–Crippen LogP) is 5.75. The zero-order valence-electron chi connectivity index (χ0n) is 48.0. The van der Waals surface area contributed by atoms with E-state index in [0.29, 0.717) is 19.4 Å². The zero-order valence-corrected chi connectivity index (χ0v) is 48.9. The molecule has 0 fully saturated rings. The zero-order chi connectivity index (χ0) is 61.9. The van der Waals surface area contributed by atoms with Crippen molar-refractivity contribution >= 4 is 22.2 Å². The second-order valence-electron chi connectivity index (χ2n) is 20.5. The van der Waals surface area contributed by atoms with Crippen LogP contribution in [-0.4, -0.2) is 166 Å². The van der Waals surface area contributed by atoms with Crippen LogP contribution in [0.25, 0.3) is 0 Å². The Bertz CT molecular complexity index is 2260. The lowest BCUT2D eigenvalue weighted by Gasteiger charge is -2.25. The Labute approximate surface area is 486 Å². The van der Waals surface area contributed by atoms with Gasteiger partial charge in [0.25, 0.3) is 0 Å². The number of hydrogen-bond acceptors (Lipinski definition) is 17. The van der Waals surface area contributed by atoms with Gasteiger partial charge in [-0.15, -0.1) is 0 Å². The molecule has 0 aliphatic heterocycles. The molecule has 19 nitrogen and oxygen atoms in total. The molecule has 0 spiro atoms. The molecular formula is C62H97NO18S. The van der Waals surface area contributed by atoms with Crippen molar-refractivity contribution in [2.24, 2.45) is 23.5 Å². The summed E-state index contributed by atoms with van der Waals surface area (Å²) < 4.78 is 37.4. The summed E-state index contributed by atoms with van der Waals surface area (Å²) in [5.41, 5.74) is 5.68. The number of hydrogen-bond donors (Lipinski definition) is 14. The van der Waals surface area contributed by atoms with Crippen LogP contribution in [0.2, 0.25) is 0 Å². The van der Waals surface area contributed by atoms with Crippen LogP contribution in [0.5, 0.6) is 0 Å². The van der Waals surface area contributed by atoms with Crippen LogP contribution in [0.4, 0.5) is 0 Å². The Morgan fingerprint density at radius 2 is 0.963 bits per heavy atom. The van der Waals surface area contributed by atoms with E-state index in [-0.39, 0.29) is 69.3 Å². The van der Waals surface area contributed by atoms with E-state index in [4.69, 9.17) is 15.0 Å². The van der Waals surface area contributed by atoms with Gasteiger partial charge >= 0.3 is 16.4 Å². The summed E-state index contributed by atoms with van der Waals surface area (Å²) in [7, 11) is -4.95. The maximum absolute atomic E-state index is 13.0. The monoisotopic (exact) mass is 1180 g/mol. The first-order valence-corrected chi connectivity index (χ1v) is 29.4. The highest BCUT2D eigenvalue weighted by atomic mass is 32.3. The van der Waals surface area contributed by atoms with E-state index in [0.717, 1.165) is 12.8 Å². The molecule has 0 aromatic rings. The average molecular weight is 1180 g/mol. The third-order valence-electron chi connectivity index (χ3n) is 12.8. The number of carbonyl (C=O) groups is 2. The van der Waals surface area contributed by atoms with E-state index in [1.54, 1.807) is 92.0 Å². The van der Waals surface area contributed by atoms with Gasteiger partial charge in [-0.3, -0.25) is 9.35 Å². The van der Waals surface area contributed by atoms with Crippen LogP contribution in [-0.2, 0) is 24.2 Å². The van der Waals surface area contributed by atoms with Gasteiger partial charge in [-0.1, -0.05) is 173 Å². The summed E-state index contributed by atoms with van der Waals surface area (Å²) in [6, 6.07) is 0. The minimum Gasteiger partial charge on any atom is -0.478 e. The number of ketones is 1. The lowest BCUT2D eigenvalue weighted by atomic mass is 9.88. The van der Waals surface area contributed by atoms with Crippen LogP contribution in [0.1, 0.15) is 118 Å². The van der Waals surface area contributed by atoms with Crippen molar-refractivity contribution in [3.05, 3.63) is 157 Å². The molecular weight excluding hydrogens is 1080 g/mol. The van der Waals surface area contributed by atoms with Gasteiger partial charge in [0.2, 0.25) is 0 Å². The molecule has 0 rings (SSSR count). The molecule has 0 saturated carbocycles. The predicted molar refractivity (Wildman–Crippen MR) is 320 cm³/mol. The molecule has 15 unspecified atom stereocenters. The minimum absolute atomic E-state index is 0.000834. The standard InChI is InChI=1S/C62H97NO18S/c1-45(27-19-15-11-10-12-16-20-28-46(2)62(76)77)61(75)48(4)58(73)36-21-17-13-8-6-5-7-9-14-18-22-37-60(81-82(78,79)80)47(3)59(74)44-57(72)43-54(69)34-25-33-53(68)42-56(71)41-52(67)32-24-31-50(65)39-49(64)29-23-30-51(66)40-55(70)35-26-38-63/h5-10,12-14,16-25,27-29,32,34,36,45,47-58,60-61,64-73,75H,11,15,26,30-31,33,35,37-44,63H2,1-4H3,(H,76,77)(H,78,79,80). The number of carboxylic acid groups (broad SMARTS) is 1. The van der Waals surface area contributed by atoms with Crippen LogP contribution in [0.3, 0.4) is 0 Å². The van der Waals surface area contributed by atoms with Crippen molar-refractivity contribution in [2.45, 2.75) is 191 Å². The quantitative estimate of drug-likeness (QED) is 0.0113. The maximum Gasteiger partial charge on any atom is 0.397 e. The van der Waals surface area contributed by atoms with Crippen LogP contribution >= 0.6 is 0 Å². The number of aliphatic hydroxyl groups excluding tert-OH is 11. The number of Topliss-reactive ketones (excluding diaryl/α,β-unsaturated/α-hetero) is 1. The fraction of sp³-hybridized carbons (Fsp3) is 0.548. The van der Waals surface area contributed by atoms with E-state index in [1.165, 1.54) is 56.4 Å². The minimum atomic E-state index is -4.95. The number of carboxylic acids is 1. The van der Waals surface area contributed by atoms with Gasteiger partial charge in [-0.25, -0.2) is 8.98 Å². The molecule has 15 atom stereocenters. The van der Waals surface area contributed by atoms with Gasteiger partial charge in [-0.2, -0.15) is 8.42 Å². The molecule has 82 heavy (non-hydrogen) atoms. The summed E-state index contributed by atoms with van der Waals surface area (Å²) in [5, 5.41) is 123. The van der Waals surface area contributed by atoms with Gasteiger partial charge in [0, 0.05) is 49.0 Å². The van der Waals surface area contributed by atoms with Crippen LogP contribution in [0.15, 0.2) is 157 Å². The molecule has 0 saturated heterocycles. The van der Waals surface area contributed by atoms with Crippen molar-refractivity contribution in [1.82, 2.24) is 0 Å². The van der Waals surface area contributed by atoms with Gasteiger partial charge in [0.1, 0.15) is 5.78 Å². The number of rotatable bonds is 46. The molecule has 0 amide bonds. The van der Waals surface area contributed by atoms with Crippen molar-refractivity contribution in [1.29, 1.82) is 0 Å². The Kier molecular flexibility index (Phi) is 43.8. The Hall–Kier alpha value is -4.85. The van der Waals surface area contributed by atoms with Crippen molar-refractivity contribution in [3.8, 4) is 0 Å². The SMILES string of the molecule is CC(=CC=CC=CCCC=CC(C)C(O)C(C)C(O)C=CC=CC=CC=CC=CC=CCC(OS(=O)(=O)O)C(C)C(=O)CC(O)CC(O)C=CCC(O)CC(O)CC(O)C=CCC(O)CC(O)C=CCC(O)CC(O)CCCN)C(=O)O. The van der Waals surface area contributed by atoms with E-state index in [1.807, 2.05) is 31.2 Å². The maximum atomic E-state index is 13.0. The van der Waals surface area contributed by atoms with Crippen molar-refractivity contribution in [3.63, 3.8) is 0 Å². The molecule has 0 aromatic carbocycles. The molecule has 464 valence electrons. The molecule has 0 bridgehead atoms. The highest BCUT2D eigenvalue weighted by Crippen LogP contribution is 2.21. The molecule has 0 aliphatic carbocycles. The first-order chi connectivity index (χ1) is 38.8. The number of carbonyl (C=O) groups excluding carboxylic acids is 1. The third-order valence-corrected chi connectivity index (χ3v) is 13.3. The Balaban J connectivity index is 4.81. The number of unbranched alkanes of at least 4 members (excludes halogenated alkanes) is 1. The summed E-state index contributed by atoms with van der Waals surface area (Å²) in [6.45, 7) is 7.02. The lowest BCUT2D eigenvalue weighted by molar-refractivity contribution is -0.132. The molecule has 0 aliphatic rings. The number of allylic oxidation sites excluding steroid dienone is 16. The fourth-order valence-corrected chi connectivity index (χ4v) is 8.45. The Morgan fingerprint density at radius 1 is 0.512 bits per heavy atom. The van der Waals surface area contributed by atoms with Crippen LogP contribution < -0.4 is 5.73 Å². The largest absolute Gasteiger partial charge is 0.478 e. The first-order valence-electron chi connectivity index (χ1n) is 28.0. The number of nitrogens with two attached hydrogens (primary N) is 1. The summed E-state index contributed by atoms with van der Waals surface area (Å²) in [6.07, 6.45) is 31.6. The van der Waals surface area contributed by atoms with Crippen molar-refractivity contribution < 1.29 is 88.0 Å². The molecule has 0 radical (unpaired) electrons. The van der Waals surface area contributed by atoms with Gasteiger partial charge < -0.3 is 67.0 Å². The molecule has 0 heterocycles. The highest BCUT2D eigenvalue weighted by Gasteiger charge is 2.30. The van der Waals surface area contributed by atoms with Gasteiger partial charge in [0.15, 0.2) is 0 Å². The van der Waals surface area contributed by atoms with E-state index in [9.17, 15) is 78.7 Å². The van der Waals surface area contributed by atoms with Gasteiger partial charge in [0.05, 0.1) is 73.2 Å². The number of aliphatic carboxylic acids is 1. The van der Waals surface area contributed by atoms with E-state index >= 15 is 0 Å². The van der Waals surface area contributed by atoms with E-state index in [2.05, 4.69) is 0 Å². The summed E-state index contributed by atoms with van der Waals surface area (Å²) >= 11 is 0. The molecule has 15 N–H and O–H groups in total. The molecule has 0 aromatic heterocycles. The fourth-order valence-electron chi connectivity index (χ4n) is 7.89. The smallest absolute Gasteiger partial charge is 0.397 e. The highest BCUT2D eigenvalue weighted by molar-refractivity contribution is 7.80. The topological polar surface area (TPSA) is 367 Å². The van der Waals surface area contributed by atoms with Crippen LogP contribution in [0, 0.1) is 17.8 Å². The first kappa shape index (κ1) is 77.2. The summed E-state index contributed by atoms with van der Waals surface area (Å²) in [4.78, 5) is 23.8. The number of aliphatic hydroxyl groups is 11. The average Bonchev–Trinajstić information content (AvgIpc) is 3.42. The van der Waals surface area contributed by atoms with Crippen molar-refractivity contribution in [2.75, 3.05) is 6.54 Å². The summed E-state index contributed by atoms with van der Waals surface area (Å²) in [5.74, 6) is -3.24. The second kappa shape index (κ2) is 46.5. The van der Waals surface area contributed by atoms with E-state index < -0.39 is 114 Å². The normalized spacial score (nSPS) is 19.3. The second-order valence-corrected chi connectivity index (χ2v) is 21.6. The third kappa shape index (κ3) is 42.9.